The molecule has 2 aromatic heterocycles. The van der Waals surface area contributed by atoms with Gasteiger partial charge in [0.2, 0.25) is 0 Å². The summed E-state index contributed by atoms with van der Waals surface area (Å²) in [6.45, 7) is 4.57. The number of carbonyl (C=O) groups is 2. The highest BCUT2D eigenvalue weighted by Crippen LogP contribution is 2.32. The zero-order chi connectivity index (χ0) is 19.9. The molecule has 0 spiro atoms. The van der Waals surface area contributed by atoms with Crippen LogP contribution < -0.4 is 15.4 Å². The summed E-state index contributed by atoms with van der Waals surface area (Å²) >= 11 is 2.64. The Labute approximate surface area is 170 Å². The summed E-state index contributed by atoms with van der Waals surface area (Å²) in [5, 5.41) is 6.13. The van der Waals surface area contributed by atoms with Crippen LogP contribution in [0.4, 0.5) is 10.8 Å². The quantitative estimate of drug-likeness (QED) is 0.507. The molecule has 3 aromatic rings. The third kappa shape index (κ3) is 5.57. The van der Waals surface area contributed by atoms with E-state index in [1.54, 1.807) is 42.9 Å². The van der Waals surface area contributed by atoms with Gasteiger partial charge in [-0.3, -0.25) is 14.9 Å². The Morgan fingerprint density at radius 2 is 2.00 bits per heavy atom. The highest BCUT2D eigenvalue weighted by atomic mass is 32.2. The number of imidazole rings is 1. The molecule has 0 saturated carbocycles. The van der Waals surface area contributed by atoms with E-state index in [9.17, 15) is 9.59 Å². The summed E-state index contributed by atoms with van der Waals surface area (Å²) in [6.07, 6.45) is 4.98. The Morgan fingerprint density at radius 1 is 1.21 bits per heavy atom. The fourth-order valence-electron chi connectivity index (χ4n) is 2.05. The van der Waals surface area contributed by atoms with Crippen molar-refractivity contribution in [3.63, 3.8) is 0 Å². The first-order chi connectivity index (χ1) is 13.5. The van der Waals surface area contributed by atoms with Crippen LogP contribution in [0.25, 0.3) is 0 Å². The molecule has 3 N–H and O–H groups in total. The van der Waals surface area contributed by atoms with Crippen molar-refractivity contribution < 1.29 is 14.3 Å². The minimum absolute atomic E-state index is 0.332. The predicted molar refractivity (Wildman–Crippen MR) is 109 cm³/mol. The minimum Gasteiger partial charge on any atom is -0.491 e. The van der Waals surface area contributed by atoms with Gasteiger partial charge in [0, 0.05) is 12.4 Å². The number of aromatic amines is 1. The van der Waals surface area contributed by atoms with Gasteiger partial charge in [-0.2, -0.15) is 0 Å². The lowest BCUT2D eigenvalue weighted by atomic mass is 10.2. The highest BCUT2D eigenvalue weighted by molar-refractivity contribution is 8.01. The summed E-state index contributed by atoms with van der Waals surface area (Å²) in [5.74, 6) is -0.743. The average molecular weight is 418 g/mol. The number of hydrogen-bond acceptors (Lipinski definition) is 7. The monoisotopic (exact) mass is 417 g/mol. The molecule has 28 heavy (non-hydrogen) atoms. The van der Waals surface area contributed by atoms with E-state index in [2.05, 4.69) is 25.6 Å². The second-order valence-electron chi connectivity index (χ2n) is 6.09. The van der Waals surface area contributed by atoms with Gasteiger partial charge in [-0.1, -0.05) is 37.3 Å². The third-order valence-corrected chi connectivity index (χ3v) is 5.22. The average Bonchev–Trinajstić information content (AvgIpc) is 3.33. The first-order valence-electron chi connectivity index (χ1n) is 8.48. The first-order valence-corrected chi connectivity index (χ1v) is 10.1. The van der Waals surface area contributed by atoms with Crippen molar-refractivity contribution in [1.82, 2.24) is 15.0 Å². The van der Waals surface area contributed by atoms with E-state index in [0.29, 0.717) is 29.1 Å². The van der Waals surface area contributed by atoms with Gasteiger partial charge in [-0.05, 0) is 29.8 Å². The topological polar surface area (TPSA) is 109 Å². The van der Waals surface area contributed by atoms with Crippen LogP contribution in [0.2, 0.25) is 0 Å². The van der Waals surface area contributed by atoms with Crippen LogP contribution in [-0.2, 0) is 9.59 Å². The molecule has 0 aliphatic carbocycles. The molecule has 10 heteroatoms. The number of H-pyrrole nitrogens is 1. The van der Waals surface area contributed by atoms with Crippen molar-refractivity contribution in [1.29, 1.82) is 0 Å². The molecule has 0 saturated heterocycles. The van der Waals surface area contributed by atoms with Crippen LogP contribution in [-0.4, -0.2) is 33.4 Å². The maximum Gasteiger partial charge on any atom is 0.315 e. The number of nitrogens with zero attached hydrogens (tertiary/aromatic N) is 2. The summed E-state index contributed by atoms with van der Waals surface area (Å²) < 4.78 is 6.51. The summed E-state index contributed by atoms with van der Waals surface area (Å²) in [4.78, 5) is 35.6. The third-order valence-electron chi connectivity index (χ3n) is 3.29. The van der Waals surface area contributed by atoms with Gasteiger partial charge in [0.25, 0.3) is 0 Å². The number of ether oxygens (including phenoxy) is 1. The van der Waals surface area contributed by atoms with Gasteiger partial charge in [-0.15, -0.1) is 0 Å². The Kier molecular flexibility index (Phi) is 6.66. The van der Waals surface area contributed by atoms with Gasteiger partial charge >= 0.3 is 11.8 Å². The van der Waals surface area contributed by atoms with Gasteiger partial charge in [0.05, 0.1) is 22.7 Å². The molecule has 146 valence electrons. The van der Waals surface area contributed by atoms with E-state index >= 15 is 0 Å². The van der Waals surface area contributed by atoms with Crippen LogP contribution in [0.5, 0.6) is 5.75 Å². The van der Waals surface area contributed by atoms with Crippen molar-refractivity contribution in [2.45, 2.75) is 23.2 Å². The SMILES string of the molecule is CC(C)COc1ccccc1NC(=O)C(=O)Nc1ncc(Sc2ncc[nH]2)s1. The number of amides is 2. The summed E-state index contributed by atoms with van der Waals surface area (Å²) in [7, 11) is 0. The number of nitrogens with one attached hydrogen (secondary N) is 3. The first kappa shape index (κ1) is 19.9. The second kappa shape index (κ2) is 9.38. The molecular weight excluding hydrogens is 398 g/mol. The molecular formula is C18H19N5O3S2. The fourth-order valence-corrected chi connectivity index (χ4v) is 3.77. The van der Waals surface area contributed by atoms with Gasteiger partial charge in [0.1, 0.15) is 5.75 Å². The molecule has 2 heterocycles. The van der Waals surface area contributed by atoms with E-state index in [4.69, 9.17) is 4.74 Å². The molecule has 2 amide bonds. The molecule has 0 radical (unpaired) electrons. The lowest BCUT2D eigenvalue weighted by molar-refractivity contribution is -0.133. The number of thiazole rings is 1. The standard InChI is InChI=1S/C18H19N5O3S2/c1-11(2)10-26-13-6-4-3-5-12(13)22-15(24)16(25)23-18-21-9-14(28-18)27-17-19-7-8-20-17/h3-9,11H,10H2,1-2H3,(H,19,20)(H,22,24)(H,21,23,25). The van der Waals surface area contributed by atoms with E-state index < -0.39 is 11.8 Å². The van der Waals surface area contributed by atoms with Gasteiger partial charge in [0.15, 0.2) is 10.3 Å². The van der Waals surface area contributed by atoms with Gasteiger partial charge < -0.3 is 15.0 Å². The molecule has 0 aliphatic heterocycles. The normalized spacial score (nSPS) is 10.7. The number of rotatable bonds is 7. The van der Waals surface area contributed by atoms with Crippen molar-refractivity contribution in [3.8, 4) is 5.75 Å². The zero-order valence-electron chi connectivity index (χ0n) is 15.3. The van der Waals surface area contributed by atoms with Crippen molar-refractivity contribution in [3.05, 3.63) is 42.9 Å². The molecule has 0 bridgehead atoms. The summed E-state index contributed by atoms with van der Waals surface area (Å²) in [5.41, 5.74) is 0.441. The number of hydrogen-bond donors (Lipinski definition) is 3. The van der Waals surface area contributed by atoms with E-state index in [0.717, 1.165) is 9.37 Å². The molecule has 0 atom stereocenters. The van der Waals surface area contributed by atoms with E-state index in [-0.39, 0.29) is 0 Å². The van der Waals surface area contributed by atoms with Crippen LogP contribution >= 0.6 is 23.1 Å². The highest BCUT2D eigenvalue weighted by Gasteiger charge is 2.18. The Bertz CT molecular complexity index is 940. The second-order valence-corrected chi connectivity index (χ2v) is 8.41. The van der Waals surface area contributed by atoms with Crippen LogP contribution in [0.15, 0.2) is 52.2 Å². The van der Waals surface area contributed by atoms with Crippen LogP contribution in [0, 0.1) is 5.92 Å². The molecule has 0 unspecified atom stereocenters. The lowest BCUT2D eigenvalue weighted by Crippen LogP contribution is -2.29. The molecule has 3 rings (SSSR count). The van der Waals surface area contributed by atoms with Crippen LogP contribution in [0.3, 0.4) is 0 Å². The lowest BCUT2D eigenvalue weighted by Gasteiger charge is -2.13. The number of para-hydroxylation sites is 2. The number of anilines is 2. The van der Waals surface area contributed by atoms with Gasteiger partial charge in [-0.25, -0.2) is 9.97 Å². The molecule has 0 fully saturated rings. The smallest absolute Gasteiger partial charge is 0.315 e. The van der Waals surface area contributed by atoms with Crippen LogP contribution in [0.1, 0.15) is 13.8 Å². The maximum atomic E-state index is 12.2. The Hall–Kier alpha value is -2.85. The molecule has 8 nitrogen and oxygen atoms in total. The molecule has 1 aromatic carbocycles. The van der Waals surface area contributed by atoms with Crippen molar-refractivity contribution in [2.75, 3.05) is 17.2 Å². The van der Waals surface area contributed by atoms with E-state index in [1.807, 2.05) is 13.8 Å². The number of carbonyl (C=O) groups excluding carboxylic acids is 2. The molecule has 0 aliphatic rings. The Morgan fingerprint density at radius 3 is 2.75 bits per heavy atom. The largest absolute Gasteiger partial charge is 0.491 e. The fraction of sp³-hybridized carbons (Fsp3) is 0.222. The predicted octanol–water partition coefficient (Wildman–Crippen LogP) is 3.63. The Balaban J connectivity index is 1.58. The summed E-state index contributed by atoms with van der Waals surface area (Å²) in [6, 6.07) is 6.99. The number of benzene rings is 1. The zero-order valence-corrected chi connectivity index (χ0v) is 16.9. The number of aromatic nitrogens is 3. The van der Waals surface area contributed by atoms with E-state index in [1.165, 1.54) is 23.1 Å². The van der Waals surface area contributed by atoms with Crippen molar-refractivity contribution >= 4 is 45.7 Å². The van der Waals surface area contributed by atoms with Crippen molar-refractivity contribution in [2.24, 2.45) is 5.92 Å². The minimum atomic E-state index is -0.803. The maximum absolute atomic E-state index is 12.2.